The Labute approximate surface area is 192 Å². The smallest absolute Gasteiger partial charge is 0.190 e. The van der Waals surface area contributed by atoms with Gasteiger partial charge in [0.1, 0.15) is 0 Å². The second kappa shape index (κ2) is 8.70. The number of aromatic nitrogens is 8. The van der Waals surface area contributed by atoms with Crippen molar-refractivity contribution < 1.29 is 0 Å². The molecule has 0 fully saturated rings. The average molecular weight is 461 g/mol. The highest BCUT2D eigenvalue weighted by molar-refractivity contribution is 6.30. The first-order valence-corrected chi connectivity index (χ1v) is 10.3. The predicted molar refractivity (Wildman–Crippen MR) is 122 cm³/mol. The van der Waals surface area contributed by atoms with Gasteiger partial charge in [0.25, 0.3) is 0 Å². The first-order valence-electron chi connectivity index (χ1n) is 9.55. The first-order chi connectivity index (χ1) is 15.7. The zero-order valence-electron chi connectivity index (χ0n) is 16.4. The highest BCUT2D eigenvalue weighted by Crippen LogP contribution is 2.26. The fourth-order valence-electron chi connectivity index (χ4n) is 3.17. The third-order valence-corrected chi connectivity index (χ3v) is 5.18. The van der Waals surface area contributed by atoms with Gasteiger partial charge in [-0.3, -0.25) is 0 Å². The van der Waals surface area contributed by atoms with Gasteiger partial charge in [-0.25, -0.2) is 0 Å². The fourth-order valence-corrected chi connectivity index (χ4v) is 3.42. The van der Waals surface area contributed by atoms with Gasteiger partial charge in [0.2, 0.25) is 0 Å². The van der Waals surface area contributed by atoms with Crippen molar-refractivity contribution in [1.82, 2.24) is 40.4 Å². The highest BCUT2D eigenvalue weighted by Gasteiger charge is 2.22. The summed E-state index contributed by atoms with van der Waals surface area (Å²) < 4.78 is 3.23. The van der Waals surface area contributed by atoms with Crippen molar-refractivity contribution in [2.75, 3.05) is 0 Å². The van der Waals surface area contributed by atoms with Gasteiger partial charge < -0.3 is 0 Å². The van der Waals surface area contributed by atoms with Crippen LogP contribution in [0, 0.1) is 0 Å². The Balaban J connectivity index is 1.70. The second-order valence-electron chi connectivity index (χ2n) is 6.75. The van der Waals surface area contributed by atoms with E-state index < -0.39 is 0 Å². The summed E-state index contributed by atoms with van der Waals surface area (Å²) >= 11 is 12.1. The van der Waals surface area contributed by atoms with E-state index in [2.05, 4.69) is 31.1 Å². The molecule has 2 aromatic heterocycles. The SMILES string of the molecule is Clc1ccc(-n2nnnc2C(=Cc2ccccc2)c2nnnn2-c2ccc(Cl)cc2)cc1. The minimum atomic E-state index is 0.473. The molecule has 5 aromatic rings. The minimum Gasteiger partial charge on any atom is -0.193 e. The molecule has 5 rings (SSSR count). The maximum atomic E-state index is 6.05. The molecule has 0 bridgehead atoms. The minimum absolute atomic E-state index is 0.473. The highest BCUT2D eigenvalue weighted by atomic mass is 35.5. The summed E-state index contributed by atoms with van der Waals surface area (Å²) in [5.74, 6) is 0.947. The molecule has 3 aromatic carbocycles. The van der Waals surface area contributed by atoms with Crippen molar-refractivity contribution in [3.8, 4) is 11.4 Å². The van der Waals surface area contributed by atoms with Crippen molar-refractivity contribution in [2.24, 2.45) is 0 Å². The number of halogens is 2. The fraction of sp³-hybridized carbons (Fsp3) is 0. The van der Waals surface area contributed by atoms with E-state index >= 15 is 0 Å². The van der Waals surface area contributed by atoms with Crippen molar-refractivity contribution >= 4 is 34.9 Å². The van der Waals surface area contributed by atoms with Crippen LogP contribution in [0.5, 0.6) is 0 Å². The van der Waals surface area contributed by atoms with E-state index in [0.29, 0.717) is 27.3 Å². The lowest BCUT2D eigenvalue weighted by atomic mass is 10.1. The van der Waals surface area contributed by atoms with E-state index in [4.69, 9.17) is 23.2 Å². The summed E-state index contributed by atoms with van der Waals surface area (Å²) in [6, 6.07) is 24.3. The third kappa shape index (κ3) is 4.01. The summed E-state index contributed by atoms with van der Waals surface area (Å²) in [7, 11) is 0. The molecular weight excluding hydrogens is 447 g/mol. The van der Waals surface area contributed by atoms with E-state index in [1.165, 1.54) is 0 Å². The van der Waals surface area contributed by atoms with Gasteiger partial charge in [0.05, 0.1) is 16.9 Å². The standard InChI is InChI=1S/C22H14Cl2N8/c23-16-6-10-18(11-7-16)31-21(25-27-29-31)20(14-15-4-2-1-3-5-15)22-26-28-30-32(22)19-12-8-17(24)9-13-19/h1-14H. The molecule has 0 aliphatic carbocycles. The van der Waals surface area contributed by atoms with Gasteiger partial charge in [-0.2, -0.15) is 9.36 Å². The van der Waals surface area contributed by atoms with Crippen molar-refractivity contribution in [1.29, 1.82) is 0 Å². The monoisotopic (exact) mass is 460 g/mol. The molecule has 10 heteroatoms. The summed E-state index contributed by atoms with van der Waals surface area (Å²) in [5.41, 5.74) is 3.08. The van der Waals surface area contributed by atoms with Crippen LogP contribution >= 0.6 is 23.2 Å². The molecule has 32 heavy (non-hydrogen) atoms. The largest absolute Gasteiger partial charge is 0.193 e. The molecular formula is C22H14Cl2N8. The lowest BCUT2D eigenvalue weighted by Crippen LogP contribution is -2.08. The Bertz CT molecular complexity index is 1290. The number of hydrogen-bond donors (Lipinski definition) is 0. The van der Waals surface area contributed by atoms with Gasteiger partial charge in [-0.05, 0) is 81.0 Å². The van der Waals surface area contributed by atoms with Crippen LogP contribution < -0.4 is 0 Å². The molecule has 0 saturated heterocycles. The number of benzene rings is 3. The molecule has 0 spiro atoms. The van der Waals surface area contributed by atoms with Gasteiger partial charge in [0.15, 0.2) is 11.6 Å². The number of nitrogens with zero attached hydrogens (tertiary/aromatic N) is 8. The van der Waals surface area contributed by atoms with Gasteiger partial charge in [0, 0.05) is 10.0 Å². The summed E-state index contributed by atoms with van der Waals surface area (Å²) in [6.07, 6.45) is 1.94. The quantitative estimate of drug-likeness (QED) is 0.382. The Hall–Kier alpha value is -3.88. The molecule has 0 unspecified atom stereocenters. The van der Waals surface area contributed by atoms with E-state index in [1.807, 2.05) is 60.7 Å². The third-order valence-electron chi connectivity index (χ3n) is 4.67. The van der Waals surface area contributed by atoms with E-state index in [-0.39, 0.29) is 0 Å². The Morgan fingerprint density at radius 1 is 0.625 bits per heavy atom. The lowest BCUT2D eigenvalue weighted by Gasteiger charge is -2.10. The van der Waals surface area contributed by atoms with Crippen molar-refractivity contribution in [3.05, 3.63) is 106 Å². The van der Waals surface area contributed by atoms with Crippen LogP contribution in [0.2, 0.25) is 10.0 Å². The first kappa shape index (κ1) is 20.0. The Morgan fingerprint density at radius 3 is 1.56 bits per heavy atom. The number of rotatable bonds is 5. The molecule has 0 N–H and O–H groups in total. The normalized spacial score (nSPS) is 10.8. The number of hydrogen-bond acceptors (Lipinski definition) is 6. The average Bonchev–Trinajstić information content (AvgIpc) is 3.50. The Morgan fingerprint density at radius 2 is 1.09 bits per heavy atom. The van der Waals surface area contributed by atoms with Crippen LogP contribution in [0.4, 0.5) is 0 Å². The van der Waals surface area contributed by atoms with Crippen LogP contribution in [0.3, 0.4) is 0 Å². The second-order valence-corrected chi connectivity index (χ2v) is 7.62. The van der Waals surface area contributed by atoms with Crippen molar-refractivity contribution in [2.45, 2.75) is 0 Å². The number of tetrazole rings is 2. The zero-order chi connectivity index (χ0) is 21.9. The zero-order valence-corrected chi connectivity index (χ0v) is 17.9. The van der Waals surface area contributed by atoms with Crippen LogP contribution in [-0.4, -0.2) is 40.4 Å². The Kier molecular flexibility index (Phi) is 5.45. The summed E-state index contributed by atoms with van der Waals surface area (Å²) in [4.78, 5) is 0. The maximum absolute atomic E-state index is 6.05. The summed E-state index contributed by atoms with van der Waals surface area (Å²) in [5, 5.41) is 26.0. The topological polar surface area (TPSA) is 87.2 Å². The van der Waals surface area contributed by atoms with E-state index in [9.17, 15) is 0 Å². The van der Waals surface area contributed by atoms with E-state index in [1.54, 1.807) is 33.6 Å². The van der Waals surface area contributed by atoms with Crippen LogP contribution in [0.1, 0.15) is 17.2 Å². The van der Waals surface area contributed by atoms with Crippen LogP contribution in [0.15, 0.2) is 78.9 Å². The molecule has 0 saturated carbocycles. The van der Waals surface area contributed by atoms with E-state index in [0.717, 1.165) is 16.9 Å². The molecule has 0 aliphatic heterocycles. The predicted octanol–water partition coefficient (Wildman–Crippen LogP) is 4.53. The molecule has 0 amide bonds. The lowest BCUT2D eigenvalue weighted by molar-refractivity contribution is 0.779. The van der Waals surface area contributed by atoms with Crippen LogP contribution in [0.25, 0.3) is 23.0 Å². The maximum Gasteiger partial charge on any atom is 0.190 e. The van der Waals surface area contributed by atoms with Gasteiger partial charge in [-0.1, -0.05) is 53.5 Å². The molecule has 0 radical (unpaired) electrons. The van der Waals surface area contributed by atoms with Crippen LogP contribution in [-0.2, 0) is 0 Å². The molecule has 8 nitrogen and oxygen atoms in total. The molecule has 0 aliphatic rings. The molecule has 156 valence electrons. The van der Waals surface area contributed by atoms with Gasteiger partial charge >= 0.3 is 0 Å². The summed E-state index contributed by atoms with van der Waals surface area (Å²) in [6.45, 7) is 0. The molecule has 0 atom stereocenters. The van der Waals surface area contributed by atoms with Gasteiger partial charge in [-0.15, -0.1) is 10.2 Å². The van der Waals surface area contributed by atoms with Crippen molar-refractivity contribution in [3.63, 3.8) is 0 Å². The molecule has 2 heterocycles.